The average molecular weight is 420 g/mol. The van der Waals surface area contributed by atoms with Crippen molar-refractivity contribution in [3.8, 4) is 5.75 Å². The molecule has 0 aliphatic carbocycles. The molecule has 2 N–H and O–H groups in total. The van der Waals surface area contributed by atoms with Crippen LogP contribution in [0.5, 0.6) is 5.75 Å². The Bertz CT molecular complexity index is 859. The highest BCUT2D eigenvalue weighted by Crippen LogP contribution is 2.38. The smallest absolute Gasteiger partial charge is 0.256 e. The maximum absolute atomic E-state index is 12.1. The zero-order valence-electron chi connectivity index (χ0n) is 11.0. The van der Waals surface area contributed by atoms with Gasteiger partial charge in [0.1, 0.15) is 5.75 Å². The number of fused-ring (bicyclic) bond motifs is 1. The van der Waals surface area contributed by atoms with E-state index in [1.165, 1.54) is 0 Å². The standard InChI is InChI=1S/C16H8Br2N2O2/c1-19-9-2-3-14-10(7-9)11(16(22)20-14)4-8-5-12(17)15(21)13(18)6-8/h2-7,21H,(H,20,22). The number of nitrogens with one attached hydrogen (secondary N) is 1. The van der Waals surface area contributed by atoms with Gasteiger partial charge < -0.3 is 10.4 Å². The first-order valence-electron chi connectivity index (χ1n) is 6.22. The Kier molecular flexibility index (Phi) is 3.77. The molecule has 1 aliphatic heterocycles. The minimum absolute atomic E-state index is 0.105. The summed E-state index contributed by atoms with van der Waals surface area (Å²) in [5, 5.41) is 12.5. The SMILES string of the molecule is [C-]#[N+]c1ccc2c(c1)C(=Cc1cc(Br)c(O)c(Br)c1)C(=O)N2. The minimum Gasteiger partial charge on any atom is -0.506 e. The van der Waals surface area contributed by atoms with Gasteiger partial charge in [-0.3, -0.25) is 4.79 Å². The maximum atomic E-state index is 12.1. The van der Waals surface area contributed by atoms with Gasteiger partial charge in [0.2, 0.25) is 0 Å². The molecular weight excluding hydrogens is 412 g/mol. The van der Waals surface area contributed by atoms with E-state index in [1.807, 2.05) is 0 Å². The highest BCUT2D eigenvalue weighted by atomic mass is 79.9. The normalized spacial score (nSPS) is 14.6. The van der Waals surface area contributed by atoms with Crippen molar-refractivity contribution in [1.29, 1.82) is 0 Å². The lowest BCUT2D eigenvalue weighted by Crippen LogP contribution is -2.03. The molecule has 0 aromatic heterocycles. The first-order valence-corrected chi connectivity index (χ1v) is 7.81. The van der Waals surface area contributed by atoms with Crippen LogP contribution in [0, 0.1) is 6.57 Å². The predicted molar refractivity (Wildman–Crippen MR) is 92.7 cm³/mol. The minimum atomic E-state index is -0.211. The molecule has 22 heavy (non-hydrogen) atoms. The summed E-state index contributed by atoms with van der Waals surface area (Å²) in [7, 11) is 0. The molecule has 1 amide bonds. The third-order valence-electron chi connectivity index (χ3n) is 3.27. The van der Waals surface area contributed by atoms with E-state index in [0.29, 0.717) is 31.5 Å². The van der Waals surface area contributed by atoms with Crippen LogP contribution in [0.4, 0.5) is 11.4 Å². The van der Waals surface area contributed by atoms with E-state index in [2.05, 4.69) is 42.0 Å². The van der Waals surface area contributed by atoms with E-state index in [9.17, 15) is 9.90 Å². The van der Waals surface area contributed by atoms with E-state index in [4.69, 9.17) is 6.57 Å². The number of nitrogens with zero attached hydrogens (tertiary/aromatic N) is 1. The summed E-state index contributed by atoms with van der Waals surface area (Å²) in [6.45, 7) is 7.08. The van der Waals surface area contributed by atoms with Gasteiger partial charge in [-0.15, -0.1) is 0 Å². The number of carbonyl (C=O) groups is 1. The van der Waals surface area contributed by atoms with Crippen LogP contribution in [0.1, 0.15) is 11.1 Å². The Morgan fingerprint density at radius 2 is 1.86 bits per heavy atom. The van der Waals surface area contributed by atoms with Crippen molar-refractivity contribution < 1.29 is 9.90 Å². The summed E-state index contributed by atoms with van der Waals surface area (Å²) >= 11 is 6.53. The van der Waals surface area contributed by atoms with Gasteiger partial charge >= 0.3 is 0 Å². The number of hydrogen-bond acceptors (Lipinski definition) is 2. The van der Waals surface area contributed by atoms with Crippen molar-refractivity contribution in [3.63, 3.8) is 0 Å². The molecule has 2 aromatic carbocycles. The highest BCUT2D eigenvalue weighted by Gasteiger charge is 2.24. The molecule has 0 saturated heterocycles. The predicted octanol–water partition coefficient (Wildman–Crippen LogP) is 4.96. The number of carbonyl (C=O) groups excluding carboxylic acids is 1. The quantitative estimate of drug-likeness (QED) is 0.507. The zero-order valence-corrected chi connectivity index (χ0v) is 14.2. The molecule has 0 spiro atoms. The molecule has 0 saturated carbocycles. The molecule has 1 aliphatic rings. The summed E-state index contributed by atoms with van der Waals surface area (Å²) < 4.78 is 1.06. The van der Waals surface area contributed by atoms with Gasteiger partial charge in [-0.05, 0) is 67.8 Å². The van der Waals surface area contributed by atoms with E-state index >= 15 is 0 Å². The number of anilines is 1. The van der Waals surface area contributed by atoms with E-state index in [1.54, 1.807) is 36.4 Å². The number of phenolic OH excluding ortho intramolecular Hbond substituents is 1. The van der Waals surface area contributed by atoms with Gasteiger partial charge in [0.25, 0.3) is 5.91 Å². The highest BCUT2D eigenvalue weighted by molar-refractivity contribution is 9.11. The van der Waals surface area contributed by atoms with Crippen molar-refractivity contribution in [2.24, 2.45) is 0 Å². The van der Waals surface area contributed by atoms with Crippen LogP contribution >= 0.6 is 31.9 Å². The molecule has 6 heteroatoms. The van der Waals surface area contributed by atoms with Gasteiger partial charge in [-0.2, -0.15) is 0 Å². The van der Waals surface area contributed by atoms with Crippen molar-refractivity contribution >= 4 is 60.8 Å². The van der Waals surface area contributed by atoms with Gasteiger partial charge in [0, 0.05) is 16.8 Å². The Morgan fingerprint density at radius 1 is 1.18 bits per heavy atom. The van der Waals surface area contributed by atoms with Gasteiger partial charge in [0.05, 0.1) is 15.5 Å². The number of phenols is 1. The monoisotopic (exact) mass is 418 g/mol. The first-order chi connectivity index (χ1) is 10.5. The molecule has 0 unspecified atom stereocenters. The second kappa shape index (κ2) is 5.59. The summed E-state index contributed by atoms with van der Waals surface area (Å²) in [5.41, 5.74) is 3.13. The molecule has 0 atom stereocenters. The van der Waals surface area contributed by atoms with Crippen molar-refractivity contribution in [2.45, 2.75) is 0 Å². The van der Waals surface area contributed by atoms with Gasteiger partial charge in [-0.1, -0.05) is 6.07 Å². The lowest BCUT2D eigenvalue weighted by molar-refractivity contribution is -0.110. The van der Waals surface area contributed by atoms with E-state index in [-0.39, 0.29) is 11.7 Å². The molecule has 0 bridgehead atoms. The van der Waals surface area contributed by atoms with Gasteiger partial charge in [0.15, 0.2) is 5.69 Å². The Morgan fingerprint density at radius 3 is 2.50 bits per heavy atom. The Balaban J connectivity index is 2.14. The summed E-state index contributed by atoms with van der Waals surface area (Å²) in [6.07, 6.45) is 1.73. The lowest BCUT2D eigenvalue weighted by atomic mass is 10.0. The summed E-state index contributed by atoms with van der Waals surface area (Å²) in [6, 6.07) is 8.53. The second-order valence-corrected chi connectivity index (χ2v) is 6.40. The molecule has 2 aromatic rings. The number of rotatable bonds is 1. The van der Waals surface area contributed by atoms with Crippen LogP contribution in [0.3, 0.4) is 0 Å². The van der Waals surface area contributed by atoms with Crippen LogP contribution in [-0.4, -0.2) is 11.0 Å². The number of benzene rings is 2. The van der Waals surface area contributed by atoms with Crippen molar-refractivity contribution in [1.82, 2.24) is 0 Å². The number of hydrogen-bond donors (Lipinski definition) is 2. The third kappa shape index (κ3) is 2.54. The molecule has 0 fully saturated rings. The average Bonchev–Trinajstić information content (AvgIpc) is 2.80. The molecular formula is C16H8Br2N2O2. The fourth-order valence-electron chi connectivity index (χ4n) is 2.22. The molecule has 1 heterocycles. The zero-order chi connectivity index (χ0) is 15.9. The summed E-state index contributed by atoms with van der Waals surface area (Å²) in [4.78, 5) is 15.5. The van der Waals surface area contributed by atoms with Crippen LogP contribution in [0.2, 0.25) is 0 Å². The fraction of sp³-hybridized carbons (Fsp3) is 0. The van der Waals surface area contributed by atoms with Crippen LogP contribution in [0.25, 0.3) is 16.5 Å². The molecule has 108 valence electrons. The topological polar surface area (TPSA) is 53.7 Å². The lowest BCUT2D eigenvalue weighted by Gasteiger charge is -2.04. The largest absolute Gasteiger partial charge is 0.506 e. The Hall–Kier alpha value is -2.10. The van der Waals surface area contributed by atoms with Gasteiger partial charge in [-0.25, -0.2) is 4.85 Å². The number of aromatic hydroxyl groups is 1. The van der Waals surface area contributed by atoms with Crippen LogP contribution in [-0.2, 0) is 4.79 Å². The number of amides is 1. The van der Waals surface area contributed by atoms with E-state index < -0.39 is 0 Å². The maximum Gasteiger partial charge on any atom is 0.256 e. The molecule has 3 rings (SSSR count). The first kappa shape index (κ1) is 14.8. The fourth-order valence-corrected chi connectivity index (χ4v) is 3.45. The van der Waals surface area contributed by atoms with Crippen molar-refractivity contribution in [2.75, 3.05) is 5.32 Å². The second-order valence-electron chi connectivity index (χ2n) is 4.69. The summed E-state index contributed by atoms with van der Waals surface area (Å²) in [5.74, 6) is -0.105. The van der Waals surface area contributed by atoms with Crippen molar-refractivity contribution in [3.05, 3.63) is 61.8 Å². The van der Waals surface area contributed by atoms with Crippen LogP contribution < -0.4 is 5.32 Å². The van der Waals surface area contributed by atoms with E-state index in [0.717, 1.165) is 5.56 Å². The molecule has 0 radical (unpaired) electrons. The van der Waals surface area contributed by atoms with Crippen LogP contribution in [0.15, 0.2) is 39.3 Å². The Labute approximate surface area is 143 Å². The molecule has 4 nitrogen and oxygen atoms in total. The number of halogens is 2. The third-order valence-corrected chi connectivity index (χ3v) is 4.47.